The summed E-state index contributed by atoms with van der Waals surface area (Å²) in [5, 5.41) is 0. The van der Waals surface area contributed by atoms with Gasteiger partial charge >= 0.3 is 0 Å². The van der Waals surface area contributed by atoms with Crippen molar-refractivity contribution in [2.75, 3.05) is 66.1 Å². The van der Waals surface area contributed by atoms with Crippen molar-refractivity contribution in [2.45, 2.75) is 38.9 Å². The van der Waals surface area contributed by atoms with Crippen LogP contribution in [0.5, 0.6) is 0 Å². The molecule has 0 amide bonds. The fraction of sp³-hybridized carbons (Fsp3) is 1.00. The molecule has 1 aliphatic heterocycles. The van der Waals surface area contributed by atoms with Gasteiger partial charge in [0.15, 0.2) is 0 Å². The van der Waals surface area contributed by atoms with Gasteiger partial charge < -0.3 is 28.4 Å². The van der Waals surface area contributed by atoms with E-state index in [1.54, 1.807) is 0 Å². The summed E-state index contributed by atoms with van der Waals surface area (Å²) in [5.74, 6) is 0. The zero-order valence-corrected chi connectivity index (χ0v) is 14.5. The molecule has 6 heteroatoms. The van der Waals surface area contributed by atoms with Gasteiger partial charge in [-0.1, -0.05) is 0 Å². The first-order chi connectivity index (χ1) is 10.5. The van der Waals surface area contributed by atoms with Gasteiger partial charge in [-0.3, -0.25) is 0 Å². The van der Waals surface area contributed by atoms with E-state index in [2.05, 4.69) is 0 Å². The summed E-state index contributed by atoms with van der Waals surface area (Å²) >= 11 is 0. The smallest absolute Gasteiger partial charge is 0.0910 e. The van der Waals surface area contributed by atoms with Crippen LogP contribution in [0.3, 0.4) is 0 Å². The molecule has 6 nitrogen and oxygen atoms in total. The van der Waals surface area contributed by atoms with Crippen LogP contribution in [0.4, 0.5) is 0 Å². The van der Waals surface area contributed by atoms with E-state index in [1.807, 2.05) is 27.7 Å². The maximum Gasteiger partial charge on any atom is 0.0910 e. The Labute approximate surface area is 134 Å². The van der Waals surface area contributed by atoms with E-state index in [4.69, 9.17) is 28.4 Å². The summed E-state index contributed by atoms with van der Waals surface area (Å²) in [6.45, 7) is 13.7. The zero-order chi connectivity index (χ0) is 16.3. The zero-order valence-electron chi connectivity index (χ0n) is 14.5. The lowest BCUT2D eigenvalue weighted by Gasteiger charge is -2.41. The minimum Gasteiger partial charge on any atom is -0.377 e. The summed E-state index contributed by atoms with van der Waals surface area (Å²) in [4.78, 5) is 0. The van der Waals surface area contributed by atoms with Gasteiger partial charge in [0, 0.05) is 0 Å². The molecule has 1 saturated heterocycles. The molecular weight excluding hydrogens is 288 g/mol. The highest BCUT2D eigenvalue weighted by molar-refractivity contribution is 4.89. The average Bonchev–Trinajstić information content (AvgIpc) is 2.45. The summed E-state index contributed by atoms with van der Waals surface area (Å²) in [7, 11) is 0. The van der Waals surface area contributed by atoms with Crippen LogP contribution in [-0.4, -0.2) is 77.3 Å². The van der Waals surface area contributed by atoms with Crippen molar-refractivity contribution in [2.24, 2.45) is 0 Å². The second-order valence-electron chi connectivity index (χ2n) is 6.17. The van der Waals surface area contributed by atoms with Crippen LogP contribution in [0.15, 0.2) is 0 Å². The Bertz CT molecular complexity index is 252. The molecule has 1 aliphatic rings. The lowest BCUT2D eigenvalue weighted by atomic mass is 9.89. The van der Waals surface area contributed by atoms with Crippen LogP contribution < -0.4 is 0 Å². The van der Waals surface area contributed by atoms with E-state index in [1.165, 1.54) is 0 Å². The second-order valence-corrected chi connectivity index (χ2v) is 6.17. The van der Waals surface area contributed by atoms with E-state index in [-0.39, 0.29) is 0 Å². The Morgan fingerprint density at radius 1 is 0.409 bits per heavy atom. The second kappa shape index (κ2) is 10.5. The lowest BCUT2D eigenvalue weighted by molar-refractivity contribution is -0.187. The van der Waals surface area contributed by atoms with Gasteiger partial charge in [-0.15, -0.1) is 0 Å². The Morgan fingerprint density at radius 3 is 0.909 bits per heavy atom. The molecule has 0 unspecified atom stereocenters. The summed E-state index contributed by atoms with van der Waals surface area (Å²) in [6.07, 6.45) is 0. The van der Waals surface area contributed by atoms with Crippen LogP contribution in [0.25, 0.3) is 0 Å². The highest BCUT2D eigenvalue weighted by atomic mass is 16.6. The molecule has 1 heterocycles. The highest BCUT2D eigenvalue weighted by Gasteiger charge is 2.38. The third-order valence-corrected chi connectivity index (χ3v) is 3.95. The Morgan fingerprint density at radius 2 is 0.636 bits per heavy atom. The molecular formula is C16H32O6. The van der Waals surface area contributed by atoms with Gasteiger partial charge in [0.1, 0.15) is 0 Å². The van der Waals surface area contributed by atoms with Gasteiger partial charge in [0.05, 0.1) is 77.3 Å². The van der Waals surface area contributed by atoms with E-state index in [0.29, 0.717) is 66.1 Å². The van der Waals surface area contributed by atoms with E-state index in [9.17, 15) is 0 Å². The molecule has 1 fully saturated rings. The molecule has 132 valence electrons. The standard InChI is InChI=1S/C16H32O6/c1-15(2)16(3,4)22-14-12-20-10-8-18-6-5-17-7-9-19-11-13-21-15/h5-14H2,1-4H3. The van der Waals surface area contributed by atoms with Crippen LogP contribution in [-0.2, 0) is 28.4 Å². The maximum atomic E-state index is 5.94. The molecule has 0 saturated carbocycles. The van der Waals surface area contributed by atoms with Crippen molar-refractivity contribution in [1.82, 2.24) is 0 Å². The van der Waals surface area contributed by atoms with Gasteiger partial charge in [0.2, 0.25) is 0 Å². The lowest BCUT2D eigenvalue weighted by Crippen LogP contribution is -2.50. The van der Waals surface area contributed by atoms with E-state index < -0.39 is 11.2 Å². The number of ether oxygens (including phenoxy) is 6. The van der Waals surface area contributed by atoms with Crippen LogP contribution in [0.2, 0.25) is 0 Å². The number of hydrogen-bond donors (Lipinski definition) is 0. The number of hydrogen-bond acceptors (Lipinski definition) is 6. The largest absolute Gasteiger partial charge is 0.377 e. The highest BCUT2D eigenvalue weighted by Crippen LogP contribution is 2.28. The van der Waals surface area contributed by atoms with Crippen LogP contribution in [0.1, 0.15) is 27.7 Å². The maximum absolute atomic E-state index is 5.94. The molecule has 0 atom stereocenters. The fourth-order valence-corrected chi connectivity index (χ4v) is 1.82. The van der Waals surface area contributed by atoms with E-state index >= 15 is 0 Å². The van der Waals surface area contributed by atoms with Crippen molar-refractivity contribution < 1.29 is 28.4 Å². The average molecular weight is 320 g/mol. The minimum absolute atomic E-state index is 0.415. The predicted molar refractivity (Wildman–Crippen MR) is 83.3 cm³/mol. The van der Waals surface area contributed by atoms with Crippen molar-refractivity contribution in [1.29, 1.82) is 0 Å². The van der Waals surface area contributed by atoms with Crippen molar-refractivity contribution in [3.63, 3.8) is 0 Å². The SMILES string of the molecule is CC1(C)OCCOCCOCCOCCOCCOC1(C)C. The molecule has 0 aromatic rings. The quantitative estimate of drug-likeness (QED) is 0.676. The Balaban J connectivity index is 2.40. The summed E-state index contributed by atoms with van der Waals surface area (Å²) in [6, 6.07) is 0. The molecule has 0 radical (unpaired) electrons. The Hall–Kier alpha value is -0.240. The predicted octanol–water partition coefficient (Wildman–Crippen LogP) is 1.66. The number of rotatable bonds is 0. The van der Waals surface area contributed by atoms with Crippen LogP contribution >= 0.6 is 0 Å². The monoisotopic (exact) mass is 320 g/mol. The molecule has 22 heavy (non-hydrogen) atoms. The topological polar surface area (TPSA) is 55.4 Å². The first kappa shape index (κ1) is 19.8. The molecule has 0 aliphatic carbocycles. The Kier molecular flexibility index (Phi) is 9.47. The van der Waals surface area contributed by atoms with E-state index in [0.717, 1.165) is 0 Å². The van der Waals surface area contributed by atoms with Gasteiger partial charge in [-0.05, 0) is 27.7 Å². The fourth-order valence-electron chi connectivity index (χ4n) is 1.82. The first-order valence-electron chi connectivity index (χ1n) is 8.04. The van der Waals surface area contributed by atoms with Crippen molar-refractivity contribution in [3.05, 3.63) is 0 Å². The third-order valence-electron chi connectivity index (χ3n) is 3.95. The molecule has 0 bridgehead atoms. The minimum atomic E-state index is -0.415. The molecule has 1 rings (SSSR count). The summed E-state index contributed by atoms with van der Waals surface area (Å²) in [5.41, 5.74) is -0.831. The molecule has 0 aromatic heterocycles. The van der Waals surface area contributed by atoms with Crippen LogP contribution in [0, 0.1) is 0 Å². The van der Waals surface area contributed by atoms with Crippen molar-refractivity contribution >= 4 is 0 Å². The third kappa shape index (κ3) is 7.85. The van der Waals surface area contributed by atoms with Gasteiger partial charge in [-0.25, -0.2) is 0 Å². The molecule has 0 N–H and O–H groups in total. The molecule has 0 aromatic carbocycles. The molecule has 0 spiro atoms. The first-order valence-corrected chi connectivity index (χ1v) is 8.04. The van der Waals surface area contributed by atoms with Gasteiger partial charge in [0.25, 0.3) is 0 Å². The summed E-state index contributed by atoms with van der Waals surface area (Å²) < 4.78 is 33.7. The normalized spacial score (nSPS) is 26.7. The van der Waals surface area contributed by atoms with Crippen molar-refractivity contribution in [3.8, 4) is 0 Å². The van der Waals surface area contributed by atoms with Gasteiger partial charge in [-0.2, -0.15) is 0 Å².